The van der Waals surface area contributed by atoms with E-state index in [1.54, 1.807) is 0 Å². The van der Waals surface area contributed by atoms with Crippen LogP contribution >= 0.6 is 0 Å². The average Bonchev–Trinajstić information content (AvgIpc) is 2.72. The lowest BCUT2D eigenvalue weighted by atomic mass is 10.1. The van der Waals surface area contributed by atoms with Crippen molar-refractivity contribution in [2.24, 2.45) is 4.99 Å². The van der Waals surface area contributed by atoms with Crippen molar-refractivity contribution in [3.8, 4) is 5.75 Å². The number of ether oxygens (including phenoxy) is 1. The van der Waals surface area contributed by atoms with Crippen LogP contribution in [-0.4, -0.2) is 38.1 Å². The van der Waals surface area contributed by atoms with Crippen molar-refractivity contribution in [3.63, 3.8) is 0 Å². The third kappa shape index (κ3) is 7.70. The van der Waals surface area contributed by atoms with E-state index in [1.165, 1.54) is 5.56 Å². The number of benzene rings is 2. The molecule has 0 bridgehead atoms. The van der Waals surface area contributed by atoms with Gasteiger partial charge in [-0.25, -0.2) is 4.99 Å². The second-order valence-corrected chi connectivity index (χ2v) is 6.18. The molecule has 2 aromatic rings. The van der Waals surface area contributed by atoms with Crippen molar-refractivity contribution >= 4 is 11.9 Å². The quantitative estimate of drug-likeness (QED) is 0.436. The van der Waals surface area contributed by atoms with Gasteiger partial charge in [0.15, 0.2) is 5.96 Å². The highest BCUT2D eigenvalue weighted by Crippen LogP contribution is 2.18. The van der Waals surface area contributed by atoms with E-state index < -0.39 is 0 Å². The van der Waals surface area contributed by atoms with E-state index in [0.29, 0.717) is 32.2 Å². The molecule has 6 nitrogen and oxygen atoms in total. The minimum absolute atomic E-state index is 0.0590. The zero-order valence-electron chi connectivity index (χ0n) is 16.7. The Balaban J connectivity index is 1.81. The van der Waals surface area contributed by atoms with E-state index in [9.17, 15) is 4.79 Å². The molecule has 0 fully saturated rings. The largest absolute Gasteiger partial charge is 0.494 e. The van der Waals surface area contributed by atoms with Crippen LogP contribution in [0.4, 0.5) is 0 Å². The van der Waals surface area contributed by atoms with Gasteiger partial charge in [-0.2, -0.15) is 0 Å². The van der Waals surface area contributed by atoms with Gasteiger partial charge in [0.05, 0.1) is 19.7 Å². The Bertz CT molecular complexity index is 747. The molecule has 0 saturated heterocycles. The monoisotopic (exact) mass is 382 g/mol. The van der Waals surface area contributed by atoms with Gasteiger partial charge >= 0.3 is 0 Å². The maximum Gasteiger partial charge on any atom is 0.239 e. The van der Waals surface area contributed by atoms with Crippen molar-refractivity contribution in [3.05, 3.63) is 65.7 Å². The summed E-state index contributed by atoms with van der Waals surface area (Å²) in [5.74, 6) is 1.38. The predicted octanol–water partition coefficient (Wildman–Crippen LogP) is 2.50. The van der Waals surface area contributed by atoms with Crippen molar-refractivity contribution < 1.29 is 9.53 Å². The average molecular weight is 383 g/mol. The number of amides is 1. The normalized spacial score (nSPS) is 11.0. The molecule has 0 aromatic heterocycles. The Kier molecular flexibility index (Phi) is 9.41. The molecule has 0 atom stereocenters. The van der Waals surface area contributed by atoms with Crippen LogP contribution in [0.1, 0.15) is 25.0 Å². The molecule has 0 spiro atoms. The summed E-state index contributed by atoms with van der Waals surface area (Å²) in [6, 6.07) is 17.9. The molecule has 3 N–H and O–H groups in total. The third-order valence-corrected chi connectivity index (χ3v) is 4.02. The fourth-order valence-electron chi connectivity index (χ4n) is 2.65. The number of carbonyl (C=O) groups excluding carboxylic acids is 1. The van der Waals surface area contributed by atoms with Crippen LogP contribution < -0.4 is 20.7 Å². The number of guanidine groups is 1. The van der Waals surface area contributed by atoms with Gasteiger partial charge in [-0.1, -0.05) is 48.5 Å². The van der Waals surface area contributed by atoms with Gasteiger partial charge in [0.1, 0.15) is 5.75 Å². The maximum absolute atomic E-state index is 12.1. The Hall–Kier alpha value is -3.02. The van der Waals surface area contributed by atoms with Gasteiger partial charge in [0.25, 0.3) is 0 Å². The Morgan fingerprint density at radius 2 is 1.71 bits per heavy atom. The molecule has 0 aliphatic heterocycles. The number of aliphatic imine (C=N–C) groups is 1. The van der Waals surface area contributed by atoms with Crippen LogP contribution in [0, 0.1) is 0 Å². The van der Waals surface area contributed by atoms with Gasteiger partial charge in [-0.15, -0.1) is 0 Å². The summed E-state index contributed by atoms with van der Waals surface area (Å²) >= 11 is 0. The molecule has 2 rings (SSSR count). The second-order valence-electron chi connectivity index (χ2n) is 6.18. The molecule has 6 heteroatoms. The lowest BCUT2D eigenvalue weighted by Crippen LogP contribution is -2.43. The van der Waals surface area contributed by atoms with E-state index in [0.717, 1.165) is 17.7 Å². The molecule has 0 saturated carbocycles. The molecule has 28 heavy (non-hydrogen) atoms. The lowest BCUT2D eigenvalue weighted by Gasteiger charge is -2.13. The minimum atomic E-state index is -0.0590. The van der Waals surface area contributed by atoms with E-state index in [1.807, 2.05) is 56.3 Å². The Morgan fingerprint density at radius 3 is 2.46 bits per heavy atom. The highest BCUT2D eigenvalue weighted by Gasteiger charge is 2.05. The van der Waals surface area contributed by atoms with E-state index >= 15 is 0 Å². The molecule has 150 valence electrons. The molecular weight excluding hydrogens is 352 g/mol. The molecule has 2 aromatic carbocycles. The Labute approximate surface area is 167 Å². The summed E-state index contributed by atoms with van der Waals surface area (Å²) in [4.78, 5) is 16.6. The minimum Gasteiger partial charge on any atom is -0.494 e. The van der Waals surface area contributed by atoms with Gasteiger partial charge in [0, 0.05) is 18.7 Å². The first-order valence-electron chi connectivity index (χ1n) is 9.76. The molecular formula is C22H30N4O2. The van der Waals surface area contributed by atoms with E-state index in [4.69, 9.17) is 4.74 Å². The molecule has 0 unspecified atom stereocenters. The van der Waals surface area contributed by atoms with Crippen LogP contribution in [0.2, 0.25) is 0 Å². The zero-order valence-corrected chi connectivity index (χ0v) is 16.7. The number of rotatable bonds is 10. The lowest BCUT2D eigenvalue weighted by molar-refractivity contribution is -0.119. The highest BCUT2D eigenvalue weighted by atomic mass is 16.5. The van der Waals surface area contributed by atoms with E-state index in [2.05, 4.69) is 33.1 Å². The number of nitrogens with one attached hydrogen (secondary N) is 3. The molecule has 0 aliphatic carbocycles. The molecule has 0 heterocycles. The second kappa shape index (κ2) is 12.4. The van der Waals surface area contributed by atoms with Crippen LogP contribution in [-0.2, 0) is 17.8 Å². The first-order chi connectivity index (χ1) is 13.7. The number of carbonyl (C=O) groups is 1. The number of hydrogen-bond donors (Lipinski definition) is 3. The number of para-hydroxylation sites is 1. The van der Waals surface area contributed by atoms with Gasteiger partial charge in [-0.3, -0.25) is 4.79 Å². The fourth-order valence-corrected chi connectivity index (χ4v) is 2.65. The first kappa shape index (κ1) is 21.3. The standard InChI is InChI=1S/C22H30N4O2/c1-3-23-22(25-16-19-12-8-9-13-20(19)28-4-2)26-17-21(27)24-15-14-18-10-6-5-7-11-18/h5-13H,3-4,14-17H2,1-2H3,(H,24,27)(H2,23,25,26). The number of nitrogens with zero attached hydrogens (tertiary/aromatic N) is 1. The van der Waals surface area contributed by atoms with Crippen LogP contribution in [0.3, 0.4) is 0 Å². The fraction of sp³-hybridized carbons (Fsp3) is 0.364. The zero-order chi connectivity index (χ0) is 20.0. The SMILES string of the molecule is CCNC(=NCc1ccccc1OCC)NCC(=O)NCCc1ccccc1. The maximum atomic E-state index is 12.1. The summed E-state index contributed by atoms with van der Waals surface area (Å²) in [6.45, 7) is 6.54. The predicted molar refractivity (Wildman–Crippen MR) is 114 cm³/mol. The smallest absolute Gasteiger partial charge is 0.239 e. The summed E-state index contributed by atoms with van der Waals surface area (Å²) in [7, 11) is 0. The third-order valence-electron chi connectivity index (χ3n) is 4.02. The molecule has 0 radical (unpaired) electrons. The van der Waals surface area contributed by atoms with Crippen LogP contribution in [0.5, 0.6) is 5.75 Å². The number of hydrogen-bond acceptors (Lipinski definition) is 3. The van der Waals surface area contributed by atoms with Crippen molar-refractivity contribution in [2.45, 2.75) is 26.8 Å². The van der Waals surface area contributed by atoms with Gasteiger partial charge < -0.3 is 20.7 Å². The van der Waals surface area contributed by atoms with E-state index in [-0.39, 0.29) is 12.5 Å². The van der Waals surface area contributed by atoms with Crippen molar-refractivity contribution in [1.82, 2.24) is 16.0 Å². The summed E-state index contributed by atoms with van der Waals surface area (Å²) in [5, 5.41) is 9.16. The van der Waals surface area contributed by atoms with Crippen molar-refractivity contribution in [1.29, 1.82) is 0 Å². The summed E-state index contributed by atoms with van der Waals surface area (Å²) in [6.07, 6.45) is 0.814. The van der Waals surface area contributed by atoms with Crippen LogP contribution in [0.15, 0.2) is 59.6 Å². The Morgan fingerprint density at radius 1 is 0.964 bits per heavy atom. The molecule has 1 amide bonds. The highest BCUT2D eigenvalue weighted by molar-refractivity contribution is 5.86. The summed E-state index contributed by atoms with van der Waals surface area (Å²) in [5.41, 5.74) is 2.22. The van der Waals surface area contributed by atoms with Crippen LogP contribution in [0.25, 0.3) is 0 Å². The molecule has 0 aliphatic rings. The summed E-state index contributed by atoms with van der Waals surface area (Å²) < 4.78 is 5.63. The first-order valence-corrected chi connectivity index (χ1v) is 9.76. The topological polar surface area (TPSA) is 74.8 Å². The van der Waals surface area contributed by atoms with Crippen molar-refractivity contribution in [2.75, 3.05) is 26.2 Å². The van der Waals surface area contributed by atoms with Gasteiger partial charge in [0.2, 0.25) is 5.91 Å². The van der Waals surface area contributed by atoms with Gasteiger partial charge in [-0.05, 0) is 31.9 Å².